The van der Waals surface area contributed by atoms with Gasteiger partial charge in [-0.25, -0.2) is 22.8 Å². The molecule has 0 bridgehead atoms. The molecule has 0 amide bonds. The number of pyridine rings is 1. The van der Waals surface area contributed by atoms with Crippen molar-refractivity contribution in [3.05, 3.63) is 144 Å². The minimum atomic E-state index is -0.840. The Labute approximate surface area is 392 Å². The number of aliphatic hydroxyl groups is 2. The van der Waals surface area contributed by atoms with Crippen molar-refractivity contribution in [2.45, 2.75) is 73.4 Å². The van der Waals surface area contributed by atoms with Crippen LogP contribution in [0.4, 0.5) is 13.2 Å². The number of benzene rings is 4. The molecule has 66 heavy (non-hydrogen) atoms. The summed E-state index contributed by atoms with van der Waals surface area (Å²) in [4.78, 5) is 42.6. The third kappa shape index (κ3) is 12.5. The van der Waals surface area contributed by atoms with Crippen LogP contribution < -0.4 is 14.9 Å². The Kier molecular flexibility index (Phi) is 19.3. The molecule has 0 unspecified atom stereocenters. The highest BCUT2D eigenvalue weighted by Gasteiger charge is 2.25. The Hall–Kier alpha value is -5.83. The Morgan fingerprint density at radius 3 is 1.82 bits per heavy atom. The molecule has 4 aromatic carbocycles. The first-order valence-electron chi connectivity index (χ1n) is 21.2. The molecule has 0 aliphatic rings. The van der Waals surface area contributed by atoms with Crippen LogP contribution in [-0.4, -0.2) is 73.0 Å². The highest BCUT2D eigenvalue weighted by atomic mass is 35.5. The second kappa shape index (κ2) is 24.1. The van der Waals surface area contributed by atoms with Gasteiger partial charge in [0.1, 0.15) is 45.8 Å². The van der Waals surface area contributed by atoms with E-state index in [0.717, 1.165) is 6.07 Å². The monoisotopic (exact) mass is 954 g/mol. The summed E-state index contributed by atoms with van der Waals surface area (Å²) in [5.74, 6) is -3.40. The summed E-state index contributed by atoms with van der Waals surface area (Å²) in [5.41, 5.74) is 0.862. The Morgan fingerprint density at radius 2 is 1.32 bits per heavy atom. The number of methoxy groups -OCH3 is 2. The molecule has 16 heteroatoms. The van der Waals surface area contributed by atoms with Crippen LogP contribution in [0.5, 0.6) is 11.5 Å². The van der Waals surface area contributed by atoms with Gasteiger partial charge in [0.05, 0.1) is 61.2 Å². The van der Waals surface area contributed by atoms with Crippen LogP contribution in [0, 0.1) is 29.3 Å². The van der Waals surface area contributed by atoms with E-state index in [0.29, 0.717) is 28.0 Å². The van der Waals surface area contributed by atoms with Crippen LogP contribution in [0.15, 0.2) is 82.2 Å². The van der Waals surface area contributed by atoms with E-state index >= 15 is 0 Å². The topological polar surface area (TPSA) is 146 Å². The van der Waals surface area contributed by atoms with Gasteiger partial charge in [-0.05, 0) is 79.1 Å². The van der Waals surface area contributed by atoms with Crippen LogP contribution in [-0.2, 0) is 27.1 Å². The van der Waals surface area contributed by atoms with Crippen LogP contribution >= 0.6 is 23.2 Å². The molecule has 0 saturated carbocycles. The summed E-state index contributed by atoms with van der Waals surface area (Å²) < 4.78 is 66.5. The molecular weight excluding hydrogens is 900 g/mol. The third-order valence-corrected chi connectivity index (χ3v) is 11.4. The van der Waals surface area contributed by atoms with E-state index in [1.807, 2.05) is 34.6 Å². The van der Waals surface area contributed by atoms with E-state index in [-0.39, 0.29) is 94.0 Å². The summed E-state index contributed by atoms with van der Waals surface area (Å²) in [7, 11) is 2.84. The van der Waals surface area contributed by atoms with Crippen molar-refractivity contribution in [2.75, 3.05) is 34.0 Å². The molecule has 0 aliphatic heterocycles. The molecule has 0 aliphatic carbocycles. The molecule has 1 heterocycles. The lowest BCUT2D eigenvalue weighted by Crippen LogP contribution is -2.26. The number of rotatable bonds is 17. The standard InChI is InChI=1S/C25H28ClF2NO4.C25H27ClFNO5/c1-6-33-25(31)19(13-29-15(4)14(2)3)24(30)18-11-17(22(32-5)12-21(18)27)10-16-8-7-9-20(26)23(16)28;1-5-33-25(31)18-12-28(21(13-29)14(2)3)20-11-22(32-4)16(10-17(20)24(18)30)9-15-7-6-8-19(26)23(15)27/h7-9,11-15,30H,6,10H2,1-5H3;6-8,10-12,14,21,29H,5,9,13H2,1-4H3/t15-;21-/m11/s1. The summed E-state index contributed by atoms with van der Waals surface area (Å²) in [6.45, 7) is 12.9. The minimum absolute atomic E-state index is 0.00179. The van der Waals surface area contributed by atoms with Crippen molar-refractivity contribution in [2.24, 2.45) is 16.8 Å². The zero-order valence-electron chi connectivity index (χ0n) is 38.3. The van der Waals surface area contributed by atoms with Gasteiger partial charge in [0.25, 0.3) is 0 Å². The number of hydrogen-bond acceptors (Lipinski definition) is 10. The quantitative estimate of drug-likeness (QED) is 0.0402. The predicted octanol–water partition coefficient (Wildman–Crippen LogP) is 10.9. The Bertz CT molecular complexity index is 2670. The maximum atomic E-state index is 14.9. The maximum absolute atomic E-state index is 14.9. The van der Waals surface area contributed by atoms with Crippen LogP contribution in [0.2, 0.25) is 10.0 Å². The fraction of sp³-hybridized carbons (Fsp3) is 0.360. The SMILES string of the molecule is CCOC(=O)C(C=N[C@H](C)C(C)C)=C(O)c1cc(Cc2cccc(Cl)c2F)c(OC)cc1F.CCOC(=O)c1cn([C@H](CO)C(C)C)c2cc(OC)c(Cc3cccc(Cl)c3F)cc2c1=O. The average Bonchev–Trinajstić information content (AvgIpc) is 3.28. The number of aliphatic hydroxyl groups excluding tert-OH is 2. The molecule has 0 radical (unpaired) electrons. The summed E-state index contributed by atoms with van der Waals surface area (Å²) in [6.07, 6.45) is 2.77. The fourth-order valence-corrected chi connectivity index (χ4v) is 7.21. The predicted molar refractivity (Wildman–Crippen MR) is 252 cm³/mol. The van der Waals surface area contributed by atoms with E-state index < -0.39 is 46.6 Å². The maximum Gasteiger partial charge on any atom is 0.343 e. The Balaban J connectivity index is 0.000000289. The van der Waals surface area contributed by atoms with E-state index in [2.05, 4.69) is 4.99 Å². The van der Waals surface area contributed by atoms with Crippen molar-refractivity contribution in [3.8, 4) is 11.5 Å². The molecule has 5 aromatic rings. The number of aromatic nitrogens is 1. The van der Waals surface area contributed by atoms with Gasteiger partial charge in [0, 0.05) is 48.8 Å². The molecule has 5 rings (SSSR count). The molecule has 2 N–H and O–H groups in total. The second-order valence-corrected chi connectivity index (χ2v) is 16.7. The van der Waals surface area contributed by atoms with Crippen LogP contribution in [0.3, 0.4) is 0 Å². The highest BCUT2D eigenvalue weighted by Crippen LogP contribution is 2.33. The van der Waals surface area contributed by atoms with Gasteiger partial charge in [0.15, 0.2) is 0 Å². The highest BCUT2D eigenvalue weighted by molar-refractivity contribution is 6.31. The zero-order valence-corrected chi connectivity index (χ0v) is 39.8. The number of carbonyl (C=O) groups excluding carboxylic acids is 2. The fourth-order valence-electron chi connectivity index (χ4n) is 6.82. The van der Waals surface area contributed by atoms with Crippen molar-refractivity contribution >= 4 is 58.0 Å². The van der Waals surface area contributed by atoms with Gasteiger partial charge >= 0.3 is 11.9 Å². The molecule has 2 atom stereocenters. The number of hydrogen-bond donors (Lipinski definition) is 2. The molecule has 0 saturated heterocycles. The van der Waals surface area contributed by atoms with E-state index in [1.54, 1.807) is 54.8 Å². The number of nitrogens with zero attached hydrogens (tertiary/aromatic N) is 2. The van der Waals surface area contributed by atoms with Crippen molar-refractivity contribution < 1.29 is 51.9 Å². The largest absolute Gasteiger partial charge is 0.506 e. The van der Waals surface area contributed by atoms with Gasteiger partial charge in [0.2, 0.25) is 5.43 Å². The minimum Gasteiger partial charge on any atom is -0.506 e. The summed E-state index contributed by atoms with van der Waals surface area (Å²) >= 11 is 11.8. The number of esters is 2. The molecular formula is C50H55Cl2F3N2O9. The lowest BCUT2D eigenvalue weighted by molar-refractivity contribution is -0.137. The first-order chi connectivity index (χ1) is 31.3. The van der Waals surface area contributed by atoms with E-state index in [9.17, 15) is 37.8 Å². The van der Waals surface area contributed by atoms with E-state index in [1.165, 1.54) is 44.8 Å². The molecule has 354 valence electrons. The molecule has 0 fully saturated rings. The van der Waals surface area contributed by atoms with Gasteiger partial charge < -0.3 is 33.7 Å². The molecule has 11 nitrogen and oxygen atoms in total. The number of halogens is 5. The first-order valence-corrected chi connectivity index (χ1v) is 22.0. The van der Waals surface area contributed by atoms with Crippen LogP contribution in [0.1, 0.15) is 92.7 Å². The van der Waals surface area contributed by atoms with Gasteiger partial charge in [-0.15, -0.1) is 0 Å². The zero-order chi connectivity index (χ0) is 49.0. The second-order valence-electron chi connectivity index (χ2n) is 15.8. The van der Waals surface area contributed by atoms with E-state index in [4.69, 9.17) is 42.1 Å². The molecule has 0 spiro atoms. The Morgan fingerprint density at radius 1 is 0.773 bits per heavy atom. The van der Waals surface area contributed by atoms with Crippen molar-refractivity contribution in [1.29, 1.82) is 0 Å². The smallest absolute Gasteiger partial charge is 0.343 e. The van der Waals surface area contributed by atoms with Crippen molar-refractivity contribution in [3.63, 3.8) is 0 Å². The summed E-state index contributed by atoms with van der Waals surface area (Å²) in [5, 5.41) is 21.1. The third-order valence-electron chi connectivity index (χ3n) is 10.8. The normalized spacial score (nSPS) is 12.7. The molecule has 1 aromatic heterocycles. The van der Waals surface area contributed by atoms with Crippen molar-refractivity contribution in [1.82, 2.24) is 4.57 Å². The van der Waals surface area contributed by atoms with Gasteiger partial charge in [-0.2, -0.15) is 0 Å². The number of fused-ring (bicyclic) bond motifs is 1. The van der Waals surface area contributed by atoms with Gasteiger partial charge in [-0.3, -0.25) is 9.79 Å². The lowest BCUT2D eigenvalue weighted by Gasteiger charge is -2.25. The summed E-state index contributed by atoms with van der Waals surface area (Å²) in [6, 6.07) is 14.4. The van der Waals surface area contributed by atoms with Crippen LogP contribution in [0.25, 0.3) is 16.7 Å². The lowest BCUT2D eigenvalue weighted by atomic mass is 9.98. The average molecular weight is 956 g/mol. The number of aliphatic imine (C=N–C) groups is 1. The van der Waals surface area contributed by atoms with Gasteiger partial charge in [-0.1, -0.05) is 75.2 Å². The number of carbonyl (C=O) groups is 2. The first kappa shape index (κ1) is 52.8. The number of ether oxygens (including phenoxy) is 4.